The van der Waals surface area contributed by atoms with Crippen molar-refractivity contribution >= 4 is 11.7 Å². The quantitative estimate of drug-likeness (QED) is 0.906. The zero-order chi connectivity index (χ0) is 17.6. The summed E-state index contributed by atoms with van der Waals surface area (Å²) in [6, 6.07) is 6.87. The molecule has 1 unspecified atom stereocenters. The fraction of sp³-hybridized carbons (Fsp3) is 0.421. The van der Waals surface area contributed by atoms with Crippen molar-refractivity contribution in [1.29, 1.82) is 0 Å². The number of piperidine rings is 1. The number of nitrogens with one attached hydrogen (secondary N) is 1. The van der Waals surface area contributed by atoms with Crippen LogP contribution in [-0.4, -0.2) is 28.5 Å². The van der Waals surface area contributed by atoms with Crippen LogP contribution in [0.4, 0.5) is 10.2 Å². The number of carbonyl (C=O) groups excluding carboxylic acids is 1. The lowest BCUT2D eigenvalue weighted by atomic mass is 10.0. The predicted molar refractivity (Wildman–Crippen MR) is 94.9 cm³/mol. The molecule has 1 N–H and O–H groups in total. The number of halogens is 1. The normalized spacial score (nSPS) is 17.4. The van der Waals surface area contributed by atoms with E-state index in [2.05, 4.69) is 27.1 Å². The van der Waals surface area contributed by atoms with E-state index >= 15 is 0 Å². The third kappa shape index (κ3) is 4.13. The Morgan fingerprint density at radius 2 is 2.12 bits per heavy atom. The minimum absolute atomic E-state index is 0.124. The van der Waals surface area contributed by atoms with E-state index in [0.29, 0.717) is 11.6 Å². The minimum Gasteiger partial charge on any atom is -0.352 e. The Hall–Kier alpha value is -2.50. The lowest BCUT2D eigenvalue weighted by molar-refractivity contribution is 0.0945. The number of rotatable bonds is 5. The summed E-state index contributed by atoms with van der Waals surface area (Å²) in [5, 5.41) is 2.68. The van der Waals surface area contributed by atoms with Crippen molar-refractivity contribution in [2.75, 3.05) is 11.4 Å². The molecule has 0 saturated carbocycles. The van der Waals surface area contributed by atoms with Gasteiger partial charge < -0.3 is 10.2 Å². The average Bonchev–Trinajstić information content (AvgIpc) is 2.67. The summed E-state index contributed by atoms with van der Waals surface area (Å²) in [5.41, 5.74) is 0.685. The molecule has 1 amide bonds. The summed E-state index contributed by atoms with van der Waals surface area (Å²) in [6.07, 6.45) is 7.80. The van der Waals surface area contributed by atoms with Gasteiger partial charge in [0.25, 0.3) is 5.91 Å². The Kier molecular flexibility index (Phi) is 5.58. The molecular formula is C19H23FN4O. The predicted octanol–water partition coefficient (Wildman–Crippen LogP) is 3.31. The van der Waals surface area contributed by atoms with Gasteiger partial charge in [-0.05, 0) is 31.7 Å². The van der Waals surface area contributed by atoms with Crippen LogP contribution >= 0.6 is 0 Å². The van der Waals surface area contributed by atoms with Crippen LogP contribution in [0.1, 0.15) is 48.7 Å². The van der Waals surface area contributed by atoms with Crippen molar-refractivity contribution < 1.29 is 9.18 Å². The molecule has 5 nitrogen and oxygen atoms in total. The number of anilines is 1. The lowest BCUT2D eigenvalue weighted by Gasteiger charge is -2.35. The number of hydrogen-bond acceptors (Lipinski definition) is 4. The van der Waals surface area contributed by atoms with Crippen LogP contribution in [0.5, 0.6) is 0 Å². The van der Waals surface area contributed by atoms with Crippen LogP contribution in [-0.2, 0) is 6.54 Å². The van der Waals surface area contributed by atoms with Crippen LogP contribution < -0.4 is 10.2 Å². The highest BCUT2D eigenvalue weighted by Gasteiger charge is 2.22. The SMILES string of the molecule is CCC1CCCCN1c1cnc(C(=O)NCc2ccccc2F)cn1. The highest BCUT2D eigenvalue weighted by Crippen LogP contribution is 2.24. The summed E-state index contributed by atoms with van der Waals surface area (Å²) < 4.78 is 13.6. The second kappa shape index (κ2) is 8.05. The third-order valence-electron chi connectivity index (χ3n) is 4.66. The topological polar surface area (TPSA) is 58.1 Å². The van der Waals surface area contributed by atoms with Gasteiger partial charge in [-0.15, -0.1) is 0 Å². The molecule has 1 aliphatic heterocycles. The Balaban J connectivity index is 1.63. The molecule has 0 spiro atoms. The molecule has 1 fully saturated rings. The molecule has 1 aromatic carbocycles. The van der Waals surface area contributed by atoms with Crippen LogP contribution in [0, 0.1) is 5.82 Å². The minimum atomic E-state index is -0.354. The number of aromatic nitrogens is 2. The maximum Gasteiger partial charge on any atom is 0.271 e. The Bertz CT molecular complexity index is 720. The van der Waals surface area contributed by atoms with Crippen molar-refractivity contribution in [3.63, 3.8) is 0 Å². The van der Waals surface area contributed by atoms with Gasteiger partial charge in [0, 0.05) is 24.7 Å². The number of hydrogen-bond donors (Lipinski definition) is 1. The molecular weight excluding hydrogens is 319 g/mol. The summed E-state index contributed by atoms with van der Waals surface area (Å²) in [4.78, 5) is 23.1. The van der Waals surface area contributed by atoms with Crippen molar-refractivity contribution in [2.24, 2.45) is 0 Å². The van der Waals surface area contributed by atoms with Crippen LogP contribution in [0.2, 0.25) is 0 Å². The largest absolute Gasteiger partial charge is 0.352 e. The summed E-state index contributed by atoms with van der Waals surface area (Å²) in [7, 11) is 0. The van der Waals surface area contributed by atoms with E-state index in [-0.39, 0.29) is 24.0 Å². The second-order valence-corrected chi connectivity index (χ2v) is 6.29. The molecule has 1 atom stereocenters. The average molecular weight is 342 g/mol. The number of benzene rings is 1. The van der Waals surface area contributed by atoms with Gasteiger partial charge in [0.2, 0.25) is 0 Å². The van der Waals surface area contributed by atoms with Crippen molar-refractivity contribution in [2.45, 2.75) is 45.2 Å². The lowest BCUT2D eigenvalue weighted by Crippen LogP contribution is -2.39. The Labute approximate surface area is 147 Å². The van der Waals surface area contributed by atoms with Crippen molar-refractivity contribution in [1.82, 2.24) is 15.3 Å². The molecule has 2 heterocycles. The summed E-state index contributed by atoms with van der Waals surface area (Å²) >= 11 is 0. The number of nitrogens with zero attached hydrogens (tertiary/aromatic N) is 3. The molecule has 1 aromatic heterocycles. The highest BCUT2D eigenvalue weighted by atomic mass is 19.1. The van der Waals surface area contributed by atoms with Gasteiger partial charge in [-0.1, -0.05) is 25.1 Å². The first-order valence-corrected chi connectivity index (χ1v) is 8.79. The van der Waals surface area contributed by atoms with E-state index in [1.807, 2.05) is 0 Å². The molecule has 3 rings (SSSR count). The van der Waals surface area contributed by atoms with Crippen molar-refractivity contribution in [3.05, 3.63) is 53.7 Å². The third-order valence-corrected chi connectivity index (χ3v) is 4.66. The van der Waals surface area contributed by atoms with E-state index in [4.69, 9.17) is 0 Å². The van der Waals surface area contributed by atoms with E-state index in [1.54, 1.807) is 24.4 Å². The molecule has 1 saturated heterocycles. The zero-order valence-electron chi connectivity index (χ0n) is 14.4. The second-order valence-electron chi connectivity index (χ2n) is 6.29. The number of amides is 1. The Morgan fingerprint density at radius 1 is 1.28 bits per heavy atom. The summed E-state index contributed by atoms with van der Waals surface area (Å²) in [5.74, 6) is 0.130. The van der Waals surface area contributed by atoms with Gasteiger partial charge in [-0.2, -0.15) is 0 Å². The molecule has 132 valence electrons. The maximum absolute atomic E-state index is 13.6. The van der Waals surface area contributed by atoms with Gasteiger partial charge in [-0.3, -0.25) is 4.79 Å². The molecule has 0 radical (unpaired) electrons. The van der Waals surface area contributed by atoms with Crippen molar-refractivity contribution in [3.8, 4) is 0 Å². The summed E-state index contributed by atoms with van der Waals surface area (Å²) in [6.45, 7) is 3.28. The van der Waals surface area contributed by atoms with E-state index in [0.717, 1.165) is 25.2 Å². The molecule has 25 heavy (non-hydrogen) atoms. The first-order valence-electron chi connectivity index (χ1n) is 8.79. The monoisotopic (exact) mass is 342 g/mol. The molecule has 2 aromatic rings. The van der Waals surface area contributed by atoms with Gasteiger partial charge >= 0.3 is 0 Å². The first kappa shape index (κ1) is 17.3. The van der Waals surface area contributed by atoms with Crippen LogP contribution in [0.15, 0.2) is 36.7 Å². The van der Waals surface area contributed by atoms with Gasteiger partial charge in [0.1, 0.15) is 17.3 Å². The van der Waals surface area contributed by atoms with Gasteiger partial charge in [0.05, 0.1) is 12.4 Å². The van der Waals surface area contributed by atoms with E-state index < -0.39 is 0 Å². The highest BCUT2D eigenvalue weighted by molar-refractivity contribution is 5.91. The van der Waals surface area contributed by atoms with Crippen LogP contribution in [0.3, 0.4) is 0 Å². The molecule has 1 aliphatic rings. The van der Waals surface area contributed by atoms with E-state index in [1.165, 1.54) is 25.1 Å². The fourth-order valence-electron chi connectivity index (χ4n) is 3.22. The zero-order valence-corrected chi connectivity index (χ0v) is 14.4. The smallest absolute Gasteiger partial charge is 0.271 e. The molecule has 6 heteroatoms. The van der Waals surface area contributed by atoms with Gasteiger partial charge in [-0.25, -0.2) is 14.4 Å². The molecule has 0 bridgehead atoms. The fourth-order valence-corrected chi connectivity index (χ4v) is 3.22. The Morgan fingerprint density at radius 3 is 2.84 bits per heavy atom. The van der Waals surface area contributed by atoms with E-state index in [9.17, 15) is 9.18 Å². The number of carbonyl (C=O) groups is 1. The standard InChI is InChI=1S/C19H23FN4O/c1-2-15-8-5-6-10-24(15)18-13-21-17(12-22-18)19(25)23-11-14-7-3-4-9-16(14)20/h3-4,7,9,12-13,15H,2,5-6,8,10-11H2,1H3,(H,23,25). The maximum atomic E-state index is 13.6. The molecule has 0 aliphatic carbocycles. The first-order chi connectivity index (χ1) is 12.2. The van der Waals surface area contributed by atoms with Crippen LogP contribution in [0.25, 0.3) is 0 Å². The van der Waals surface area contributed by atoms with Gasteiger partial charge in [0.15, 0.2) is 0 Å².